The normalized spacial score (nSPS) is 20.6. The van der Waals surface area contributed by atoms with Crippen molar-refractivity contribution in [3.05, 3.63) is 23.4 Å². The number of nitriles is 1. The maximum Gasteiger partial charge on any atom is 0.130 e. The second kappa shape index (κ2) is 4.50. The minimum Gasteiger partial charge on any atom is -0.391 e. The third-order valence-electron chi connectivity index (χ3n) is 2.79. The van der Waals surface area contributed by atoms with Crippen LogP contribution in [0.5, 0.6) is 0 Å². The molecular formula is C12H15N3O. The van der Waals surface area contributed by atoms with E-state index in [4.69, 9.17) is 5.26 Å². The molecule has 0 unspecified atom stereocenters. The molecule has 1 aromatic heterocycles. The minimum atomic E-state index is -0.276. The lowest BCUT2D eigenvalue weighted by molar-refractivity contribution is 0.154. The van der Waals surface area contributed by atoms with Crippen molar-refractivity contribution >= 4 is 5.82 Å². The fraction of sp³-hybridized carbons (Fsp3) is 0.500. The zero-order valence-electron chi connectivity index (χ0n) is 9.35. The maximum absolute atomic E-state index is 9.60. The summed E-state index contributed by atoms with van der Waals surface area (Å²) < 4.78 is 0. The van der Waals surface area contributed by atoms with Crippen molar-refractivity contribution in [1.29, 1.82) is 5.26 Å². The van der Waals surface area contributed by atoms with Gasteiger partial charge in [-0.05, 0) is 31.9 Å². The third-order valence-corrected chi connectivity index (χ3v) is 2.79. The summed E-state index contributed by atoms with van der Waals surface area (Å²) in [6.07, 6.45) is 1.55. The van der Waals surface area contributed by atoms with Gasteiger partial charge in [0.25, 0.3) is 0 Å². The predicted molar refractivity (Wildman–Crippen MR) is 61.1 cm³/mol. The van der Waals surface area contributed by atoms with E-state index in [9.17, 15) is 5.11 Å². The summed E-state index contributed by atoms with van der Waals surface area (Å²) in [5.74, 6) is 0.801. The van der Waals surface area contributed by atoms with Crippen molar-refractivity contribution in [2.45, 2.75) is 25.9 Å². The molecule has 2 rings (SSSR count). The summed E-state index contributed by atoms with van der Waals surface area (Å²) in [7, 11) is 0. The fourth-order valence-electron chi connectivity index (χ4n) is 2.04. The Balaban J connectivity index is 2.26. The Kier molecular flexibility index (Phi) is 3.07. The lowest BCUT2D eigenvalue weighted by atomic mass is 10.1. The Morgan fingerprint density at radius 2 is 2.38 bits per heavy atom. The Morgan fingerprint density at radius 3 is 3.06 bits per heavy atom. The van der Waals surface area contributed by atoms with Gasteiger partial charge in [0.2, 0.25) is 0 Å². The number of pyridine rings is 1. The second-order valence-electron chi connectivity index (χ2n) is 4.21. The average Bonchev–Trinajstić information content (AvgIpc) is 2.28. The number of β-amino-alcohol motifs (C(OH)–C–C–N with tert-alkyl or cyclic N) is 1. The number of nitrogens with zero attached hydrogens (tertiary/aromatic N) is 3. The van der Waals surface area contributed by atoms with Crippen molar-refractivity contribution in [3.63, 3.8) is 0 Å². The van der Waals surface area contributed by atoms with E-state index < -0.39 is 0 Å². The molecule has 1 aromatic rings. The molecule has 1 fully saturated rings. The number of aryl methyl sites for hydroxylation is 1. The van der Waals surface area contributed by atoms with Gasteiger partial charge in [-0.25, -0.2) is 4.98 Å². The topological polar surface area (TPSA) is 60.2 Å². The number of piperidine rings is 1. The Morgan fingerprint density at radius 1 is 1.56 bits per heavy atom. The molecule has 0 spiro atoms. The van der Waals surface area contributed by atoms with Crippen LogP contribution < -0.4 is 4.90 Å². The van der Waals surface area contributed by atoms with Crippen LogP contribution >= 0.6 is 0 Å². The predicted octanol–water partition coefficient (Wildman–Crippen LogP) is 1.22. The number of aromatic nitrogens is 1. The van der Waals surface area contributed by atoms with E-state index in [1.165, 1.54) is 0 Å². The first-order valence-corrected chi connectivity index (χ1v) is 5.51. The molecule has 0 bridgehead atoms. The van der Waals surface area contributed by atoms with Crippen LogP contribution in [-0.4, -0.2) is 29.3 Å². The van der Waals surface area contributed by atoms with Gasteiger partial charge in [-0.15, -0.1) is 0 Å². The van der Waals surface area contributed by atoms with Crippen molar-refractivity contribution in [2.24, 2.45) is 0 Å². The van der Waals surface area contributed by atoms with Gasteiger partial charge in [0.15, 0.2) is 0 Å². The van der Waals surface area contributed by atoms with Crippen LogP contribution in [0.25, 0.3) is 0 Å². The summed E-state index contributed by atoms with van der Waals surface area (Å²) in [4.78, 5) is 6.45. The van der Waals surface area contributed by atoms with Crippen LogP contribution in [0.1, 0.15) is 24.1 Å². The number of hydrogen-bond acceptors (Lipinski definition) is 4. The fourth-order valence-corrected chi connectivity index (χ4v) is 2.04. The van der Waals surface area contributed by atoms with Gasteiger partial charge < -0.3 is 10.0 Å². The summed E-state index contributed by atoms with van der Waals surface area (Å²) in [6.45, 7) is 3.39. The van der Waals surface area contributed by atoms with E-state index in [0.717, 1.165) is 30.9 Å². The van der Waals surface area contributed by atoms with Crippen LogP contribution in [0.2, 0.25) is 0 Å². The van der Waals surface area contributed by atoms with E-state index in [1.54, 1.807) is 12.1 Å². The van der Waals surface area contributed by atoms with E-state index in [2.05, 4.69) is 11.1 Å². The van der Waals surface area contributed by atoms with Crippen LogP contribution in [0.4, 0.5) is 5.82 Å². The molecule has 84 valence electrons. The van der Waals surface area contributed by atoms with Crippen molar-refractivity contribution in [1.82, 2.24) is 4.98 Å². The molecule has 2 heterocycles. The van der Waals surface area contributed by atoms with Gasteiger partial charge in [-0.2, -0.15) is 5.26 Å². The molecule has 1 atom stereocenters. The van der Waals surface area contributed by atoms with Crippen LogP contribution in [0, 0.1) is 18.3 Å². The molecule has 0 radical (unpaired) electrons. The van der Waals surface area contributed by atoms with E-state index in [1.807, 2.05) is 11.8 Å². The number of aliphatic hydroxyl groups excluding tert-OH is 1. The van der Waals surface area contributed by atoms with Gasteiger partial charge in [0, 0.05) is 18.8 Å². The lowest BCUT2D eigenvalue weighted by Gasteiger charge is -2.31. The van der Waals surface area contributed by atoms with Gasteiger partial charge in [-0.3, -0.25) is 0 Å². The molecular weight excluding hydrogens is 202 g/mol. The molecule has 1 saturated heterocycles. The van der Waals surface area contributed by atoms with Crippen LogP contribution in [-0.2, 0) is 0 Å². The van der Waals surface area contributed by atoms with Crippen LogP contribution in [0.3, 0.4) is 0 Å². The molecule has 4 heteroatoms. The number of anilines is 1. The zero-order chi connectivity index (χ0) is 11.5. The summed E-state index contributed by atoms with van der Waals surface area (Å²) in [6, 6.07) is 5.68. The molecule has 1 aliphatic heterocycles. The molecule has 16 heavy (non-hydrogen) atoms. The van der Waals surface area contributed by atoms with Crippen molar-refractivity contribution in [3.8, 4) is 6.07 Å². The highest BCUT2D eigenvalue weighted by Gasteiger charge is 2.19. The highest BCUT2D eigenvalue weighted by molar-refractivity contribution is 5.47. The largest absolute Gasteiger partial charge is 0.391 e. The van der Waals surface area contributed by atoms with Crippen molar-refractivity contribution in [2.75, 3.05) is 18.0 Å². The van der Waals surface area contributed by atoms with E-state index >= 15 is 0 Å². The molecule has 1 aliphatic rings. The highest BCUT2D eigenvalue weighted by Crippen LogP contribution is 2.19. The first-order chi connectivity index (χ1) is 7.69. The monoisotopic (exact) mass is 217 g/mol. The molecule has 4 nitrogen and oxygen atoms in total. The number of aliphatic hydroxyl groups is 1. The zero-order valence-corrected chi connectivity index (χ0v) is 9.35. The van der Waals surface area contributed by atoms with Crippen molar-refractivity contribution < 1.29 is 5.11 Å². The second-order valence-corrected chi connectivity index (χ2v) is 4.21. The Bertz CT molecular complexity index is 425. The average molecular weight is 217 g/mol. The lowest BCUT2D eigenvalue weighted by Crippen LogP contribution is -2.38. The van der Waals surface area contributed by atoms with Gasteiger partial charge in [0.05, 0.1) is 17.7 Å². The molecule has 1 N–H and O–H groups in total. The standard InChI is InChI=1S/C12H15N3O/c1-9-5-10(7-13)6-12(14-9)15-4-2-3-11(16)8-15/h5-6,11,16H,2-4,8H2,1H3/t11-/m0/s1. The van der Waals surface area contributed by atoms with Gasteiger partial charge in [0.1, 0.15) is 5.82 Å². The summed E-state index contributed by atoms with van der Waals surface area (Å²) in [5.41, 5.74) is 1.47. The van der Waals surface area contributed by atoms with Gasteiger partial charge in [-0.1, -0.05) is 0 Å². The van der Waals surface area contributed by atoms with E-state index in [0.29, 0.717) is 12.1 Å². The SMILES string of the molecule is Cc1cc(C#N)cc(N2CCC[C@H](O)C2)n1. The Labute approximate surface area is 95.1 Å². The number of hydrogen-bond donors (Lipinski definition) is 1. The molecule has 0 amide bonds. The Hall–Kier alpha value is -1.60. The smallest absolute Gasteiger partial charge is 0.130 e. The first kappa shape index (κ1) is 10.9. The summed E-state index contributed by atoms with van der Waals surface area (Å²) in [5, 5.41) is 18.5. The highest BCUT2D eigenvalue weighted by atomic mass is 16.3. The number of rotatable bonds is 1. The van der Waals surface area contributed by atoms with Crippen LogP contribution in [0.15, 0.2) is 12.1 Å². The van der Waals surface area contributed by atoms with E-state index in [-0.39, 0.29) is 6.10 Å². The molecule has 0 saturated carbocycles. The maximum atomic E-state index is 9.60. The third kappa shape index (κ3) is 2.31. The molecule has 0 aromatic carbocycles. The molecule has 0 aliphatic carbocycles. The van der Waals surface area contributed by atoms with Gasteiger partial charge >= 0.3 is 0 Å². The first-order valence-electron chi connectivity index (χ1n) is 5.51. The quantitative estimate of drug-likeness (QED) is 0.768. The summed E-state index contributed by atoms with van der Waals surface area (Å²) >= 11 is 0. The minimum absolute atomic E-state index is 0.276.